The predicted octanol–water partition coefficient (Wildman–Crippen LogP) is 2.94. The van der Waals surface area contributed by atoms with Gasteiger partial charge in [0.25, 0.3) is 11.8 Å². The molecular weight excluding hydrogens is 477 g/mol. The zero-order valence-corrected chi connectivity index (χ0v) is 18.8. The van der Waals surface area contributed by atoms with E-state index in [0.29, 0.717) is 35.1 Å². The van der Waals surface area contributed by atoms with E-state index in [4.69, 9.17) is 4.74 Å². The molecule has 2 aromatic carbocycles. The van der Waals surface area contributed by atoms with Crippen molar-refractivity contribution in [1.82, 2.24) is 20.9 Å². The van der Waals surface area contributed by atoms with Crippen LogP contribution in [0.3, 0.4) is 0 Å². The fourth-order valence-electron chi connectivity index (χ4n) is 4.60. The number of alkyl halides is 3. The van der Waals surface area contributed by atoms with Crippen LogP contribution in [0.25, 0.3) is 10.9 Å². The number of urea groups is 1. The van der Waals surface area contributed by atoms with Gasteiger partial charge in [0.2, 0.25) is 0 Å². The number of amides is 4. The van der Waals surface area contributed by atoms with E-state index >= 15 is 0 Å². The Morgan fingerprint density at radius 1 is 1.14 bits per heavy atom. The summed E-state index contributed by atoms with van der Waals surface area (Å²) in [5, 5.41) is 8.18. The van der Waals surface area contributed by atoms with E-state index in [1.807, 2.05) is 0 Å². The van der Waals surface area contributed by atoms with Crippen molar-refractivity contribution < 1.29 is 32.3 Å². The summed E-state index contributed by atoms with van der Waals surface area (Å²) >= 11 is 0. The zero-order chi connectivity index (χ0) is 25.5. The second kappa shape index (κ2) is 8.90. The van der Waals surface area contributed by atoms with Crippen LogP contribution in [0.1, 0.15) is 33.6 Å². The number of halogens is 3. The number of aromatic nitrogens is 1. The Bertz CT molecular complexity index is 1360. The molecule has 0 radical (unpaired) electrons. The van der Waals surface area contributed by atoms with Crippen LogP contribution in [0.2, 0.25) is 0 Å². The minimum absolute atomic E-state index is 0.0612. The number of hydrogen-bond donors (Lipinski definition) is 3. The lowest BCUT2D eigenvalue weighted by molar-refractivity contribution is -0.141. The van der Waals surface area contributed by atoms with Crippen LogP contribution in [0.15, 0.2) is 54.6 Å². The van der Waals surface area contributed by atoms with Crippen LogP contribution in [0.4, 0.5) is 18.0 Å². The predicted molar refractivity (Wildman–Crippen MR) is 122 cm³/mol. The maximum atomic E-state index is 13.4. The van der Waals surface area contributed by atoms with Crippen molar-refractivity contribution >= 4 is 28.7 Å². The van der Waals surface area contributed by atoms with E-state index in [9.17, 15) is 27.6 Å². The summed E-state index contributed by atoms with van der Waals surface area (Å²) in [6.07, 6.45) is -4.03. The number of carbonyl (C=O) groups excluding carboxylic acids is 3. The van der Waals surface area contributed by atoms with Crippen LogP contribution in [-0.2, 0) is 22.1 Å². The normalized spacial score (nSPS) is 21.9. The molecule has 3 aromatic rings. The molecule has 36 heavy (non-hydrogen) atoms. The first kappa shape index (κ1) is 23.7. The van der Waals surface area contributed by atoms with E-state index in [1.165, 1.54) is 6.07 Å². The third-order valence-corrected chi connectivity index (χ3v) is 6.45. The summed E-state index contributed by atoms with van der Waals surface area (Å²) in [6, 6.07) is 12.8. The summed E-state index contributed by atoms with van der Waals surface area (Å²) in [4.78, 5) is 40.7. The number of benzene rings is 2. The van der Waals surface area contributed by atoms with Crippen molar-refractivity contribution in [2.24, 2.45) is 0 Å². The summed E-state index contributed by atoms with van der Waals surface area (Å²) in [6.45, 7) is 0.253. The Hall–Kier alpha value is -3.99. The molecule has 0 bridgehead atoms. The zero-order valence-electron chi connectivity index (χ0n) is 18.8. The molecular formula is C25H21F3N4O4. The quantitative estimate of drug-likeness (QED) is 0.480. The summed E-state index contributed by atoms with van der Waals surface area (Å²) in [5.41, 5.74) is -0.588. The monoisotopic (exact) mass is 498 g/mol. The van der Waals surface area contributed by atoms with Gasteiger partial charge < -0.3 is 15.4 Å². The Kier molecular flexibility index (Phi) is 5.87. The van der Waals surface area contributed by atoms with Gasteiger partial charge in [-0.3, -0.25) is 14.9 Å². The van der Waals surface area contributed by atoms with Crippen LogP contribution >= 0.6 is 0 Å². The number of carbonyl (C=O) groups is 3. The van der Waals surface area contributed by atoms with E-state index in [2.05, 4.69) is 20.9 Å². The molecule has 8 nitrogen and oxygen atoms in total. The second-order valence-electron chi connectivity index (χ2n) is 8.80. The maximum Gasteiger partial charge on any atom is 0.433 e. The van der Waals surface area contributed by atoms with Gasteiger partial charge in [-0.15, -0.1) is 0 Å². The van der Waals surface area contributed by atoms with Crippen LogP contribution < -0.4 is 16.0 Å². The van der Waals surface area contributed by atoms with Gasteiger partial charge in [-0.1, -0.05) is 30.3 Å². The van der Waals surface area contributed by atoms with E-state index in [-0.39, 0.29) is 18.5 Å². The largest absolute Gasteiger partial charge is 0.433 e. The molecule has 2 aliphatic rings. The van der Waals surface area contributed by atoms with E-state index in [1.54, 1.807) is 42.5 Å². The number of rotatable bonds is 4. The lowest BCUT2D eigenvalue weighted by atomic mass is 9.86. The highest BCUT2D eigenvalue weighted by atomic mass is 19.4. The smallest absolute Gasteiger partial charge is 0.378 e. The average Bonchev–Trinajstić information content (AvgIpc) is 3.13. The first-order valence-electron chi connectivity index (χ1n) is 11.2. The highest BCUT2D eigenvalue weighted by molar-refractivity contribution is 6.08. The SMILES string of the molecule is O=C1NC(=O)C2(COCCC2NC(=O)c2ccc(Cc3cc(C(F)(F)F)nc4ccccc34)cc2)N1. The summed E-state index contributed by atoms with van der Waals surface area (Å²) < 4.78 is 45.5. The molecule has 5 rings (SSSR count). The molecule has 2 atom stereocenters. The Morgan fingerprint density at radius 2 is 1.89 bits per heavy atom. The minimum atomic E-state index is -4.57. The number of para-hydroxylation sites is 1. The summed E-state index contributed by atoms with van der Waals surface area (Å²) in [5.74, 6) is -1.01. The number of nitrogens with zero attached hydrogens (tertiary/aromatic N) is 1. The molecule has 0 aliphatic carbocycles. The highest BCUT2D eigenvalue weighted by Crippen LogP contribution is 2.32. The molecule has 2 fully saturated rings. The molecule has 1 aromatic heterocycles. The molecule has 1 spiro atoms. The Balaban J connectivity index is 1.35. The van der Waals surface area contributed by atoms with Crippen molar-refractivity contribution in [3.05, 3.63) is 77.0 Å². The lowest BCUT2D eigenvalue weighted by Crippen LogP contribution is -2.67. The molecule has 3 N–H and O–H groups in total. The number of pyridine rings is 1. The molecule has 3 heterocycles. The molecule has 0 saturated carbocycles. The van der Waals surface area contributed by atoms with Gasteiger partial charge in [-0.05, 0) is 48.2 Å². The standard InChI is InChI=1S/C25H21F3N4O4/c26-25(27,28)20-12-16(17-3-1-2-4-18(17)29-20)11-14-5-7-15(8-6-14)21(33)30-19-9-10-36-13-24(19)22(34)31-23(35)32-24/h1-8,12,19H,9-11,13H2,(H,30,33)(H2,31,32,34,35). The number of ether oxygens (including phenoxy) is 1. The van der Waals surface area contributed by atoms with E-state index < -0.39 is 41.3 Å². The van der Waals surface area contributed by atoms with Crippen molar-refractivity contribution in [1.29, 1.82) is 0 Å². The van der Waals surface area contributed by atoms with Crippen LogP contribution in [0.5, 0.6) is 0 Å². The number of nitrogens with one attached hydrogen (secondary N) is 3. The number of fused-ring (bicyclic) bond motifs is 1. The first-order chi connectivity index (χ1) is 17.2. The van der Waals surface area contributed by atoms with Crippen molar-refractivity contribution in [3.63, 3.8) is 0 Å². The van der Waals surface area contributed by atoms with Crippen molar-refractivity contribution in [2.45, 2.75) is 30.6 Å². The molecule has 186 valence electrons. The Morgan fingerprint density at radius 3 is 2.58 bits per heavy atom. The van der Waals surface area contributed by atoms with Crippen molar-refractivity contribution in [3.8, 4) is 0 Å². The third kappa shape index (κ3) is 4.37. The van der Waals surface area contributed by atoms with Gasteiger partial charge >= 0.3 is 12.2 Å². The van der Waals surface area contributed by atoms with Gasteiger partial charge in [0.05, 0.1) is 18.2 Å². The number of imide groups is 1. The second-order valence-corrected chi connectivity index (χ2v) is 8.80. The highest BCUT2D eigenvalue weighted by Gasteiger charge is 2.54. The molecule has 2 saturated heterocycles. The molecule has 4 amide bonds. The maximum absolute atomic E-state index is 13.4. The van der Waals surface area contributed by atoms with Gasteiger partial charge in [-0.25, -0.2) is 9.78 Å². The van der Waals surface area contributed by atoms with Gasteiger partial charge in [0.15, 0.2) is 5.54 Å². The van der Waals surface area contributed by atoms with E-state index in [0.717, 1.165) is 6.07 Å². The lowest BCUT2D eigenvalue weighted by Gasteiger charge is -2.38. The Labute approximate surface area is 203 Å². The van der Waals surface area contributed by atoms with Crippen LogP contribution in [-0.4, -0.2) is 47.6 Å². The summed E-state index contributed by atoms with van der Waals surface area (Å²) in [7, 11) is 0. The average molecular weight is 498 g/mol. The fraction of sp³-hybridized carbons (Fsp3) is 0.280. The van der Waals surface area contributed by atoms with Gasteiger partial charge in [0.1, 0.15) is 5.69 Å². The minimum Gasteiger partial charge on any atom is -0.378 e. The molecule has 2 aliphatic heterocycles. The first-order valence-corrected chi connectivity index (χ1v) is 11.2. The number of hydrogen-bond acceptors (Lipinski definition) is 5. The topological polar surface area (TPSA) is 109 Å². The fourth-order valence-corrected chi connectivity index (χ4v) is 4.60. The molecule has 11 heteroatoms. The molecule has 2 unspecified atom stereocenters. The van der Waals surface area contributed by atoms with Gasteiger partial charge in [0, 0.05) is 17.6 Å². The van der Waals surface area contributed by atoms with Crippen LogP contribution in [0, 0.1) is 0 Å². The van der Waals surface area contributed by atoms with Crippen molar-refractivity contribution in [2.75, 3.05) is 13.2 Å². The van der Waals surface area contributed by atoms with Gasteiger partial charge in [-0.2, -0.15) is 13.2 Å². The third-order valence-electron chi connectivity index (χ3n) is 6.45.